The van der Waals surface area contributed by atoms with Crippen LogP contribution in [-0.2, 0) is 17.9 Å². The first-order valence-electron chi connectivity index (χ1n) is 8.06. The average molecular weight is 340 g/mol. The van der Waals surface area contributed by atoms with Crippen molar-refractivity contribution in [3.63, 3.8) is 0 Å². The summed E-state index contributed by atoms with van der Waals surface area (Å²) in [4.78, 5) is 25.0. The van der Waals surface area contributed by atoms with Gasteiger partial charge in [0.1, 0.15) is 17.1 Å². The minimum atomic E-state index is -1.03. The van der Waals surface area contributed by atoms with Gasteiger partial charge in [0.25, 0.3) is 0 Å². The van der Waals surface area contributed by atoms with Gasteiger partial charge in [0.2, 0.25) is 5.91 Å². The fourth-order valence-corrected chi connectivity index (χ4v) is 2.90. The van der Waals surface area contributed by atoms with Crippen molar-refractivity contribution < 1.29 is 19.1 Å². The molecule has 0 bridgehead atoms. The van der Waals surface area contributed by atoms with Crippen LogP contribution in [0.3, 0.4) is 0 Å². The normalized spacial score (nSPS) is 11.0. The number of carbonyl (C=O) groups is 2. The Hall–Kier alpha value is -3.02. The topological polar surface area (TPSA) is 75.7 Å². The van der Waals surface area contributed by atoms with Gasteiger partial charge in [-0.3, -0.25) is 4.79 Å². The van der Waals surface area contributed by atoms with Crippen LogP contribution in [0.1, 0.15) is 28.3 Å². The fraction of sp³-hybridized carbons (Fsp3) is 0.263. The number of nitrogens with zero attached hydrogens (tertiary/aromatic N) is 2. The maximum atomic E-state index is 12.4. The standard InChI is InChI=1S/C19H20N2O4/c1-13-16(19(23)24)11-15(25-13)12-20(2)18(22)8-10-21-9-7-14-5-3-4-6-17(14)21/h3-7,9,11H,8,10,12H2,1-2H3,(H,23,24). The molecule has 1 N–H and O–H groups in total. The van der Waals surface area contributed by atoms with Crippen molar-refractivity contribution >= 4 is 22.8 Å². The number of aromatic carboxylic acids is 1. The van der Waals surface area contributed by atoms with E-state index in [2.05, 4.69) is 4.57 Å². The molecular formula is C19H20N2O4. The number of carboxylic acids is 1. The number of hydrogen-bond acceptors (Lipinski definition) is 3. The van der Waals surface area contributed by atoms with Gasteiger partial charge in [-0.25, -0.2) is 4.79 Å². The molecule has 6 nitrogen and oxygen atoms in total. The first-order chi connectivity index (χ1) is 12.0. The molecule has 1 amide bonds. The van der Waals surface area contributed by atoms with Gasteiger partial charge in [-0.15, -0.1) is 0 Å². The van der Waals surface area contributed by atoms with E-state index in [1.807, 2.05) is 36.5 Å². The highest BCUT2D eigenvalue weighted by Gasteiger charge is 2.17. The molecule has 6 heteroatoms. The molecule has 0 unspecified atom stereocenters. The summed E-state index contributed by atoms with van der Waals surface area (Å²) < 4.78 is 7.48. The quantitative estimate of drug-likeness (QED) is 0.747. The average Bonchev–Trinajstić information content (AvgIpc) is 3.16. The van der Waals surface area contributed by atoms with E-state index in [9.17, 15) is 9.59 Å². The number of fused-ring (bicyclic) bond motifs is 1. The van der Waals surface area contributed by atoms with Crippen molar-refractivity contribution in [3.05, 3.63) is 59.7 Å². The number of rotatable bonds is 6. The summed E-state index contributed by atoms with van der Waals surface area (Å²) in [7, 11) is 1.69. The number of aryl methyl sites for hydroxylation is 2. The van der Waals surface area contributed by atoms with Crippen LogP contribution in [0.5, 0.6) is 0 Å². The molecular weight excluding hydrogens is 320 g/mol. The van der Waals surface area contributed by atoms with Gasteiger partial charge in [-0.1, -0.05) is 18.2 Å². The maximum absolute atomic E-state index is 12.4. The smallest absolute Gasteiger partial charge is 0.339 e. The van der Waals surface area contributed by atoms with Crippen LogP contribution in [0.4, 0.5) is 0 Å². The molecule has 0 aliphatic heterocycles. The van der Waals surface area contributed by atoms with E-state index in [1.165, 1.54) is 6.07 Å². The van der Waals surface area contributed by atoms with E-state index in [-0.39, 0.29) is 18.0 Å². The summed E-state index contributed by atoms with van der Waals surface area (Å²) in [6, 6.07) is 11.5. The lowest BCUT2D eigenvalue weighted by molar-refractivity contribution is -0.130. The Morgan fingerprint density at radius 2 is 2.00 bits per heavy atom. The molecule has 2 heterocycles. The van der Waals surface area contributed by atoms with Gasteiger partial charge in [0.15, 0.2) is 0 Å². The number of benzene rings is 1. The first kappa shape index (κ1) is 16.8. The van der Waals surface area contributed by atoms with Crippen molar-refractivity contribution in [2.75, 3.05) is 7.05 Å². The summed E-state index contributed by atoms with van der Waals surface area (Å²) in [6.07, 6.45) is 2.34. The third kappa shape index (κ3) is 3.57. The first-order valence-corrected chi connectivity index (χ1v) is 8.06. The number of amides is 1. The summed E-state index contributed by atoms with van der Waals surface area (Å²) in [6.45, 7) is 2.44. The van der Waals surface area contributed by atoms with E-state index < -0.39 is 5.97 Å². The van der Waals surface area contributed by atoms with E-state index in [0.717, 1.165) is 10.9 Å². The number of carboxylic acid groups (broad SMARTS) is 1. The Morgan fingerprint density at radius 3 is 2.72 bits per heavy atom. The molecule has 0 atom stereocenters. The second-order valence-electron chi connectivity index (χ2n) is 6.06. The minimum absolute atomic E-state index is 0.0243. The Bertz CT molecular complexity index is 923. The number of para-hydroxylation sites is 1. The zero-order chi connectivity index (χ0) is 18.0. The highest BCUT2D eigenvalue weighted by molar-refractivity contribution is 5.88. The van der Waals surface area contributed by atoms with Gasteiger partial charge >= 0.3 is 5.97 Å². The SMILES string of the molecule is Cc1oc(CN(C)C(=O)CCn2ccc3ccccc32)cc1C(=O)O. The van der Waals surface area contributed by atoms with Gasteiger partial charge in [0, 0.05) is 31.7 Å². The van der Waals surface area contributed by atoms with Crippen LogP contribution in [0.25, 0.3) is 10.9 Å². The van der Waals surface area contributed by atoms with Crippen molar-refractivity contribution in [1.29, 1.82) is 0 Å². The Kier molecular flexibility index (Phi) is 4.61. The van der Waals surface area contributed by atoms with Gasteiger partial charge in [-0.05, 0) is 30.5 Å². The summed E-state index contributed by atoms with van der Waals surface area (Å²) >= 11 is 0. The van der Waals surface area contributed by atoms with Gasteiger partial charge < -0.3 is 19.0 Å². The molecule has 2 aromatic heterocycles. The summed E-state index contributed by atoms with van der Waals surface area (Å²) in [5.74, 6) is -0.232. The number of furan rings is 1. The third-order valence-electron chi connectivity index (χ3n) is 4.26. The van der Waals surface area contributed by atoms with E-state index in [1.54, 1.807) is 18.9 Å². The Morgan fingerprint density at radius 1 is 1.24 bits per heavy atom. The zero-order valence-corrected chi connectivity index (χ0v) is 14.2. The second-order valence-corrected chi connectivity index (χ2v) is 6.06. The van der Waals surface area contributed by atoms with Gasteiger partial charge in [-0.2, -0.15) is 0 Å². The Labute approximate surface area is 145 Å². The third-order valence-corrected chi connectivity index (χ3v) is 4.26. The molecule has 0 saturated heterocycles. The van der Waals surface area contributed by atoms with Crippen LogP contribution < -0.4 is 0 Å². The van der Waals surface area contributed by atoms with Crippen molar-refractivity contribution in [1.82, 2.24) is 9.47 Å². The molecule has 0 radical (unpaired) electrons. The van der Waals surface area contributed by atoms with E-state index in [4.69, 9.17) is 9.52 Å². The molecule has 3 aromatic rings. The molecule has 0 aliphatic carbocycles. The number of hydrogen-bond donors (Lipinski definition) is 1. The monoisotopic (exact) mass is 340 g/mol. The van der Waals surface area contributed by atoms with E-state index >= 15 is 0 Å². The number of carbonyl (C=O) groups excluding carboxylic acids is 1. The van der Waals surface area contributed by atoms with Crippen molar-refractivity contribution in [2.45, 2.75) is 26.4 Å². The predicted molar refractivity (Wildman–Crippen MR) is 93.4 cm³/mol. The second kappa shape index (κ2) is 6.84. The van der Waals surface area contributed by atoms with Crippen LogP contribution in [0.2, 0.25) is 0 Å². The minimum Gasteiger partial charge on any atom is -0.478 e. The molecule has 0 spiro atoms. The molecule has 130 valence electrons. The predicted octanol–water partition coefficient (Wildman–Crippen LogP) is 3.29. The Balaban J connectivity index is 1.61. The van der Waals surface area contributed by atoms with Crippen LogP contribution in [0.15, 0.2) is 47.0 Å². The summed E-state index contributed by atoms with van der Waals surface area (Å²) in [5.41, 5.74) is 1.24. The molecule has 0 aliphatic rings. The highest BCUT2D eigenvalue weighted by atomic mass is 16.4. The fourth-order valence-electron chi connectivity index (χ4n) is 2.90. The van der Waals surface area contributed by atoms with E-state index in [0.29, 0.717) is 24.5 Å². The van der Waals surface area contributed by atoms with Crippen LogP contribution in [0, 0.1) is 6.92 Å². The zero-order valence-electron chi connectivity index (χ0n) is 14.2. The van der Waals surface area contributed by atoms with Crippen LogP contribution >= 0.6 is 0 Å². The molecule has 0 saturated carbocycles. The lowest BCUT2D eigenvalue weighted by Gasteiger charge is -2.16. The molecule has 25 heavy (non-hydrogen) atoms. The van der Waals surface area contributed by atoms with Crippen molar-refractivity contribution in [2.24, 2.45) is 0 Å². The maximum Gasteiger partial charge on any atom is 0.339 e. The lowest BCUT2D eigenvalue weighted by atomic mass is 10.2. The highest BCUT2D eigenvalue weighted by Crippen LogP contribution is 2.17. The molecule has 0 fully saturated rings. The number of aromatic nitrogens is 1. The van der Waals surface area contributed by atoms with Gasteiger partial charge in [0.05, 0.1) is 6.54 Å². The molecule has 3 rings (SSSR count). The lowest BCUT2D eigenvalue weighted by Crippen LogP contribution is -2.26. The van der Waals surface area contributed by atoms with Crippen LogP contribution in [-0.4, -0.2) is 33.5 Å². The largest absolute Gasteiger partial charge is 0.478 e. The summed E-state index contributed by atoms with van der Waals surface area (Å²) in [5, 5.41) is 10.2. The van der Waals surface area contributed by atoms with Crippen molar-refractivity contribution in [3.8, 4) is 0 Å². The molecule has 1 aromatic carbocycles.